The van der Waals surface area contributed by atoms with E-state index in [1.165, 1.54) is 29.0 Å². The van der Waals surface area contributed by atoms with Gasteiger partial charge in [-0.2, -0.15) is 13.2 Å². The summed E-state index contributed by atoms with van der Waals surface area (Å²) in [6.45, 7) is 0.265. The summed E-state index contributed by atoms with van der Waals surface area (Å²) in [6, 6.07) is 9.59. The minimum Gasteiger partial charge on any atom is -0.502 e. The summed E-state index contributed by atoms with van der Waals surface area (Å²) in [5.41, 5.74) is 0.210. The first kappa shape index (κ1) is 23.3. The van der Waals surface area contributed by atoms with Crippen molar-refractivity contribution >= 4 is 17.7 Å². The van der Waals surface area contributed by atoms with Crippen LogP contribution in [0.25, 0.3) is 0 Å². The van der Waals surface area contributed by atoms with Crippen LogP contribution in [0.15, 0.2) is 64.4 Å². The number of benzene rings is 2. The Bertz CT molecular complexity index is 1390. The molecule has 5 rings (SSSR count). The highest BCUT2D eigenvalue weighted by molar-refractivity contribution is 7.98. The summed E-state index contributed by atoms with van der Waals surface area (Å²) in [6.07, 6.45) is -3.55. The lowest BCUT2D eigenvalue weighted by atomic mass is 9.94. The van der Waals surface area contributed by atoms with Gasteiger partial charge in [0.2, 0.25) is 5.43 Å². The first-order valence-corrected chi connectivity index (χ1v) is 11.7. The Labute approximate surface area is 201 Å². The summed E-state index contributed by atoms with van der Waals surface area (Å²) in [5, 5.41) is 11.8. The van der Waals surface area contributed by atoms with Crippen LogP contribution in [0.1, 0.15) is 40.1 Å². The number of aromatic hydroxyl groups is 1. The van der Waals surface area contributed by atoms with E-state index in [9.17, 15) is 27.9 Å². The van der Waals surface area contributed by atoms with E-state index in [0.29, 0.717) is 21.1 Å². The van der Waals surface area contributed by atoms with Gasteiger partial charge in [-0.15, -0.1) is 11.8 Å². The van der Waals surface area contributed by atoms with E-state index in [4.69, 9.17) is 0 Å². The van der Waals surface area contributed by atoms with Crippen LogP contribution in [0.5, 0.6) is 5.75 Å². The molecule has 1 N–H and O–H groups in total. The number of halogens is 4. The number of fused-ring (bicyclic) bond motifs is 3. The van der Waals surface area contributed by atoms with Crippen LogP contribution in [0.4, 0.5) is 17.6 Å². The Balaban J connectivity index is 1.80. The molecule has 1 aromatic heterocycles. The molecule has 0 saturated carbocycles. The van der Waals surface area contributed by atoms with Gasteiger partial charge < -0.3 is 10.0 Å². The minimum atomic E-state index is -4.77. The molecule has 3 heterocycles. The van der Waals surface area contributed by atoms with E-state index in [1.54, 1.807) is 24.3 Å². The van der Waals surface area contributed by atoms with Crippen molar-refractivity contribution in [1.29, 1.82) is 0 Å². The molecule has 0 radical (unpaired) electrons. The van der Waals surface area contributed by atoms with Crippen molar-refractivity contribution < 1.29 is 27.5 Å². The summed E-state index contributed by atoms with van der Waals surface area (Å²) in [7, 11) is 0. The highest BCUT2D eigenvalue weighted by Crippen LogP contribution is 2.44. The van der Waals surface area contributed by atoms with Gasteiger partial charge in [0.25, 0.3) is 5.91 Å². The van der Waals surface area contributed by atoms with E-state index >= 15 is 4.39 Å². The second kappa shape index (κ2) is 8.33. The molecule has 182 valence electrons. The zero-order chi connectivity index (χ0) is 25.1. The lowest BCUT2D eigenvalue weighted by Gasteiger charge is -2.46. The SMILES string of the molecule is C[C@@H](N1CN([C@H]2c3ccccc3CSc3cccc(F)c32)n2ccc(=O)c(O)c2C1=O)C(F)(F)F. The van der Waals surface area contributed by atoms with E-state index in [2.05, 4.69) is 0 Å². The van der Waals surface area contributed by atoms with E-state index in [1.807, 2.05) is 12.1 Å². The number of amides is 1. The molecule has 2 aromatic carbocycles. The van der Waals surface area contributed by atoms with Gasteiger partial charge in [-0.3, -0.25) is 19.3 Å². The molecule has 0 unspecified atom stereocenters. The van der Waals surface area contributed by atoms with Crippen molar-refractivity contribution in [3.05, 3.63) is 93.2 Å². The molecule has 2 atom stereocenters. The summed E-state index contributed by atoms with van der Waals surface area (Å²) in [5.74, 6) is -2.17. The molecule has 0 fully saturated rings. The minimum absolute atomic E-state index is 0.237. The number of carbonyl (C=O) groups is 1. The molecular weight excluding hydrogens is 486 g/mol. The van der Waals surface area contributed by atoms with Gasteiger partial charge >= 0.3 is 6.18 Å². The fourth-order valence-corrected chi connectivity index (χ4v) is 5.61. The summed E-state index contributed by atoms with van der Waals surface area (Å²) < 4.78 is 57.7. The van der Waals surface area contributed by atoms with Crippen molar-refractivity contribution in [3.63, 3.8) is 0 Å². The topological polar surface area (TPSA) is 65.8 Å². The maximum absolute atomic E-state index is 15.4. The number of hydrogen-bond acceptors (Lipinski definition) is 5. The molecule has 3 aromatic rings. The van der Waals surface area contributed by atoms with Crippen LogP contribution >= 0.6 is 11.8 Å². The standard InChI is InChI=1S/C24H19F4N3O3S/c1-13(24(26,27)28)29-12-31(30-10-9-17(32)22(33)21(30)23(29)34)20-15-6-3-2-5-14(15)11-35-18-8-4-7-16(25)19(18)20/h2-10,13,20,33H,11-12H2,1H3/t13-,20+/m1/s1. The number of carbonyl (C=O) groups excluding carboxylic acids is 1. The van der Waals surface area contributed by atoms with Gasteiger partial charge in [-0.25, -0.2) is 4.39 Å². The van der Waals surface area contributed by atoms with Gasteiger partial charge in [0.1, 0.15) is 24.6 Å². The maximum atomic E-state index is 15.4. The summed E-state index contributed by atoms with van der Waals surface area (Å²) >= 11 is 1.40. The van der Waals surface area contributed by atoms with Gasteiger partial charge in [0, 0.05) is 28.5 Å². The second-order valence-electron chi connectivity index (χ2n) is 8.34. The van der Waals surface area contributed by atoms with Crippen molar-refractivity contribution in [3.8, 4) is 5.75 Å². The van der Waals surface area contributed by atoms with Gasteiger partial charge in [0.15, 0.2) is 11.4 Å². The van der Waals surface area contributed by atoms with E-state index in [0.717, 1.165) is 23.2 Å². The molecule has 2 aliphatic heterocycles. The highest BCUT2D eigenvalue weighted by atomic mass is 32.2. The van der Waals surface area contributed by atoms with Crippen LogP contribution in [0, 0.1) is 5.82 Å². The lowest BCUT2D eigenvalue weighted by molar-refractivity contribution is -0.173. The Morgan fingerprint density at radius 1 is 1.09 bits per heavy atom. The maximum Gasteiger partial charge on any atom is 0.408 e. The number of hydrogen-bond donors (Lipinski definition) is 1. The van der Waals surface area contributed by atoms with Crippen LogP contribution in [-0.4, -0.2) is 39.5 Å². The zero-order valence-corrected chi connectivity index (χ0v) is 19.1. The third-order valence-electron chi connectivity index (χ3n) is 6.35. The molecule has 11 heteroatoms. The Morgan fingerprint density at radius 3 is 2.57 bits per heavy atom. The average molecular weight is 505 g/mol. The molecule has 1 amide bonds. The lowest BCUT2D eigenvalue weighted by Crippen LogP contribution is -2.60. The third-order valence-corrected chi connectivity index (χ3v) is 7.47. The largest absolute Gasteiger partial charge is 0.502 e. The fraction of sp³-hybridized carbons (Fsp3) is 0.250. The normalized spacial score (nSPS) is 18.4. The Morgan fingerprint density at radius 2 is 1.83 bits per heavy atom. The molecule has 0 bridgehead atoms. The first-order valence-electron chi connectivity index (χ1n) is 10.7. The number of alkyl halides is 3. The Kier molecular flexibility index (Phi) is 5.54. The average Bonchev–Trinajstić information content (AvgIpc) is 2.98. The highest BCUT2D eigenvalue weighted by Gasteiger charge is 2.47. The van der Waals surface area contributed by atoms with Crippen LogP contribution in [-0.2, 0) is 5.75 Å². The second-order valence-corrected chi connectivity index (χ2v) is 9.35. The van der Waals surface area contributed by atoms with Gasteiger partial charge in [-0.05, 0) is 30.2 Å². The molecular formula is C24H19F4N3O3S. The smallest absolute Gasteiger partial charge is 0.408 e. The summed E-state index contributed by atoms with van der Waals surface area (Å²) in [4.78, 5) is 26.4. The van der Waals surface area contributed by atoms with Crippen LogP contribution in [0.3, 0.4) is 0 Å². The number of aromatic nitrogens is 1. The third kappa shape index (κ3) is 3.74. The molecule has 0 spiro atoms. The first-order chi connectivity index (χ1) is 16.6. The fourth-order valence-electron chi connectivity index (χ4n) is 4.50. The molecule has 0 saturated heterocycles. The van der Waals surface area contributed by atoms with Crippen LogP contribution in [0.2, 0.25) is 0 Å². The van der Waals surface area contributed by atoms with E-state index < -0.39 is 53.5 Å². The van der Waals surface area contributed by atoms with Crippen molar-refractivity contribution in [1.82, 2.24) is 9.58 Å². The van der Waals surface area contributed by atoms with Crippen molar-refractivity contribution in [2.75, 3.05) is 11.7 Å². The molecule has 2 aliphatic rings. The molecule has 35 heavy (non-hydrogen) atoms. The molecule has 0 aliphatic carbocycles. The molecule has 6 nitrogen and oxygen atoms in total. The number of pyridine rings is 1. The Hall–Kier alpha value is -3.47. The van der Waals surface area contributed by atoms with Gasteiger partial charge in [0.05, 0.1) is 0 Å². The zero-order valence-electron chi connectivity index (χ0n) is 18.3. The van der Waals surface area contributed by atoms with Crippen molar-refractivity contribution in [2.24, 2.45) is 0 Å². The number of thioether (sulfide) groups is 1. The van der Waals surface area contributed by atoms with E-state index in [-0.39, 0.29) is 5.56 Å². The van der Waals surface area contributed by atoms with Gasteiger partial charge in [-0.1, -0.05) is 30.3 Å². The predicted octanol–water partition coefficient (Wildman–Crippen LogP) is 4.39. The van der Waals surface area contributed by atoms with Crippen LogP contribution < -0.4 is 10.4 Å². The monoisotopic (exact) mass is 505 g/mol. The predicted molar refractivity (Wildman–Crippen MR) is 121 cm³/mol. The number of rotatable bonds is 2. The van der Waals surface area contributed by atoms with Crippen molar-refractivity contribution in [2.45, 2.75) is 35.8 Å². The number of nitrogens with zero attached hydrogens (tertiary/aromatic N) is 3. The quantitative estimate of drug-likeness (QED) is 0.524.